The van der Waals surface area contributed by atoms with Crippen LogP contribution in [0.4, 0.5) is 0 Å². The average molecular weight is 318 g/mol. The van der Waals surface area contributed by atoms with Gasteiger partial charge in [0, 0.05) is 19.3 Å². The Bertz CT molecular complexity index is 595. The molecular weight excluding hydrogens is 300 g/mol. The molecule has 1 saturated heterocycles. The summed E-state index contributed by atoms with van der Waals surface area (Å²) in [5, 5.41) is 13.4. The summed E-state index contributed by atoms with van der Waals surface area (Å²) in [5.74, 6) is -0.0152. The number of aliphatic carboxylic acids is 1. The number of ether oxygens (including phenoxy) is 1. The van der Waals surface area contributed by atoms with Crippen molar-refractivity contribution in [2.45, 2.75) is 25.0 Å². The Balaban J connectivity index is 1.60. The number of rotatable bonds is 5. The normalized spacial score (nSPS) is 18.0. The predicted molar refractivity (Wildman–Crippen MR) is 84.2 cm³/mol. The first-order valence-electron chi connectivity index (χ1n) is 7.29. The maximum atomic E-state index is 11.6. The predicted octanol–water partition coefficient (Wildman–Crippen LogP) is 2.81. The molecule has 6 heteroatoms. The van der Waals surface area contributed by atoms with Crippen molar-refractivity contribution >= 4 is 17.3 Å². The Morgan fingerprint density at radius 3 is 2.82 bits per heavy atom. The van der Waals surface area contributed by atoms with Crippen LogP contribution >= 0.6 is 11.3 Å². The highest BCUT2D eigenvalue weighted by Gasteiger charge is 2.31. The first-order chi connectivity index (χ1) is 10.7. The summed E-state index contributed by atoms with van der Waals surface area (Å²) in [7, 11) is 0. The van der Waals surface area contributed by atoms with Crippen LogP contribution in [0.1, 0.15) is 24.4 Å². The van der Waals surface area contributed by atoms with Gasteiger partial charge in [-0.3, -0.25) is 14.7 Å². The van der Waals surface area contributed by atoms with Gasteiger partial charge in [0.1, 0.15) is 17.9 Å². The molecule has 1 aliphatic rings. The molecule has 116 valence electrons. The van der Waals surface area contributed by atoms with Crippen LogP contribution in [-0.4, -0.2) is 40.2 Å². The van der Waals surface area contributed by atoms with E-state index >= 15 is 0 Å². The number of pyridine rings is 1. The Kier molecular flexibility index (Phi) is 4.70. The van der Waals surface area contributed by atoms with Crippen molar-refractivity contribution in [3.63, 3.8) is 0 Å². The smallest absolute Gasteiger partial charge is 0.325 e. The zero-order chi connectivity index (χ0) is 15.4. The number of nitrogens with zero attached hydrogens (tertiary/aromatic N) is 2. The lowest BCUT2D eigenvalue weighted by Crippen LogP contribution is -2.42. The van der Waals surface area contributed by atoms with Gasteiger partial charge in [-0.25, -0.2) is 0 Å². The molecule has 5 nitrogen and oxygen atoms in total. The molecule has 0 amide bonds. The van der Waals surface area contributed by atoms with E-state index in [1.165, 1.54) is 11.3 Å². The molecule has 2 aromatic rings. The molecule has 0 bridgehead atoms. The standard InChI is InChI=1S/C16H18N2O3S/c19-16(20)15(12-5-9-22-11-12)18-7-3-13(4-8-18)21-14-2-1-6-17-10-14/h1-2,5-6,9-11,13,15H,3-4,7-8H2,(H,19,20). The highest BCUT2D eigenvalue weighted by Crippen LogP contribution is 2.28. The molecule has 2 aromatic heterocycles. The van der Waals surface area contributed by atoms with Gasteiger partial charge in [0.15, 0.2) is 0 Å². The summed E-state index contributed by atoms with van der Waals surface area (Å²) in [6.45, 7) is 1.44. The maximum absolute atomic E-state index is 11.6. The lowest BCUT2D eigenvalue weighted by Gasteiger charge is -2.35. The molecule has 3 rings (SSSR count). The third-order valence-electron chi connectivity index (χ3n) is 3.87. The van der Waals surface area contributed by atoms with Crippen LogP contribution in [0.15, 0.2) is 41.4 Å². The molecule has 3 heterocycles. The van der Waals surface area contributed by atoms with Crippen molar-refractivity contribution in [1.29, 1.82) is 0 Å². The minimum atomic E-state index is -0.787. The number of thiophene rings is 1. The molecule has 1 fully saturated rings. The first-order valence-corrected chi connectivity index (χ1v) is 8.24. The lowest BCUT2D eigenvalue weighted by atomic mass is 10.0. The third kappa shape index (κ3) is 3.45. The van der Waals surface area contributed by atoms with Gasteiger partial charge in [-0.05, 0) is 47.4 Å². The van der Waals surface area contributed by atoms with E-state index < -0.39 is 12.0 Å². The second-order valence-corrected chi connectivity index (χ2v) is 6.12. The number of piperidine rings is 1. The Labute approximate surface area is 133 Å². The minimum Gasteiger partial charge on any atom is -0.489 e. The van der Waals surface area contributed by atoms with Crippen molar-refractivity contribution in [3.8, 4) is 5.75 Å². The highest BCUT2D eigenvalue weighted by atomic mass is 32.1. The van der Waals surface area contributed by atoms with Crippen molar-refractivity contribution in [1.82, 2.24) is 9.88 Å². The molecule has 1 atom stereocenters. The van der Waals surface area contributed by atoms with E-state index in [0.29, 0.717) is 0 Å². The number of aromatic nitrogens is 1. The Morgan fingerprint density at radius 1 is 1.41 bits per heavy atom. The number of hydrogen-bond acceptors (Lipinski definition) is 5. The van der Waals surface area contributed by atoms with Gasteiger partial charge in [0.05, 0.1) is 6.20 Å². The van der Waals surface area contributed by atoms with Gasteiger partial charge in [0.25, 0.3) is 0 Å². The van der Waals surface area contributed by atoms with Crippen LogP contribution in [0.2, 0.25) is 0 Å². The van der Waals surface area contributed by atoms with Gasteiger partial charge < -0.3 is 9.84 Å². The van der Waals surface area contributed by atoms with Crippen LogP contribution in [0.5, 0.6) is 5.75 Å². The molecule has 0 spiro atoms. The summed E-state index contributed by atoms with van der Waals surface area (Å²) in [6, 6.07) is 5.08. The SMILES string of the molecule is O=C(O)C(c1ccsc1)N1CCC(Oc2cccnc2)CC1. The number of carboxylic acids is 1. The molecule has 1 unspecified atom stereocenters. The summed E-state index contributed by atoms with van der Waals surface area (Å²) >= 11 is 1.53. The lowest BCUT2D eigenvalue weighted by molar-refractivity contribution is -0.144. The fourth-order valence-electron chi connectivity index (χ4n) is 2.80. The third-order valence-corrected chi connectivity index (χ3v) is 4.57. The van der Waals surface area contributed by atoms with Crippen molar-refractivity contribution in [2.75, 3.05) is 13.1 Å². The van der Waals surface area contributed by atoms with Gasteiger partial charge in [-0.1, -0.05) is 0 Å². The molecule has 0 saturated carbocycles. The van der Waals surface area contributed by atoms with Crippen LogP contribution in [-0.2, 0) is 4.79 Å². The molecular formula is C16H18N2O3S. The molecule has 1 N–H and O–H groups in total. The number of likely N-dealkylation sites (tertiary alicyclic amines) is 1. The van der Waals surface area contributed by atoms with Gasteiger partial charge in [-0.2, -0.15) is 11.3 Å². The second kappa shape index (κ2) is 6.89. The zero-order valence-electron chi connectivity index (χ0n) is 12.1. The summed E-state index contributed by atoms with van der Waals surface area (Å²) in [5.41, 5.74) is 0.865. The highest BCUT2D eigenvalue weighted by molar-refractivity contribution is 7.08. The molecule has 22 heavy (non-hydrogen) atoms. The summed E-state index contributed by atoms with van der Waals surface area (Å²) in [6.07, 6.45) is 5.19. The average Bonchev–Trinajstić information content (AvgIpc) is 3.04. The zero-order valence-corrected chi connectivity index (χ0v) is 12.9. The van der Waals surface area contributed by atoms with Crippen LogP contribution < -0.4 is 4.74 Å². The van der Waals surface area contributed by atoms with Crippen molar-refractivity contribution in [2.24, 2.45) is 0 Å². The summed E-state index contributed by atoms with van der Waals surface area (Å²) in [4.78, 5) is 17.7. The van der Waals surface area contributed by atoms with E-state index in [2.05, 4.69) is 4.98 Å². The van der Waals surface area contributed by atoms with E-state index in [1.807, 2.05) is 33.9 Å². The van der Waals surface area contributed by atoms with Gasteiger partial charge >= 0.3 is 5.97 Å². The number of carboxylic acid groups (broad SMARTS) is 1. The van der Waals surface area contributed by atoms with E-state index in [1.54, 1.807) is 12.4 Å². The number of hydrogen-bond donors (Lipinski definition) is 1. The first kappa shape index (κ1) is 15.0. The molecule has 0 aliphatic carbocycles. The molecule has 1 aliphatic heterocycles. The fraction of sp³-hybridized carbons (Fsp3) is 0.375. The van der Waals surface area contributed by atoms with E-state index in [4.69, 9.17) is 4.74 Å². The molecule has 0 aromatic carbocycles. The second-order valence-electron chi connectivity index (χ2n) is 5.34. The van der Waals surface area contributed by atoms with E-state index in [9.17, 15) is 9.90 Å². The topological polar surface area (TPSA) is 62.7 Å². The van der Waals surface area contributed by atoms with Gasteiger partial charge in [0.2, 0.25) is 0 Å². The largest absolute Gasteiger partial charge is 0.489 e. The quantitative estimate of drug-likeness (QED) is 0.918. The molecule has 0 radical (unpaired) electrons. The minimum absolute atomic E-state index is 0.123. The van der Waals surface area contributed by atoms with Crippen molar-refractivity contribution in [3.05, 3.63) is 46.9 Å². The summed E-state index contributed by atoms with van der Waals surface area (Å²) < 4.78 is 5.90. The Hall–Kier alpha value is -1.92. The maximum Gasteiger partial charge on any atom is 0.325 e. The monoisotopic (exact) mass is 318 g/mol. The van der Waals surface area contributed by atoms with Gasteiger partial charge in [-0.15, -0.1) is 0 Å². The van der Waals surface area contributed by atoms with Crippen LogP contribution in [0.25, 0.3) is 0 Å². The van der Waals surface area contributed by atoms with Crippen LogP contribution in [0, 0.1) is 0 Å². The fourth-order valence-corrected chi connectivity index (χ4v) is 3.48. The Morgan fingerprint density at radius 2 is 2.23 bits per heavy atom. The van der Waals surface area contributed by atoms with Crippen molar-refractivity contribution < 1.29 is 14.6 Å². The van der Waals surface area contributed by atoms with E-state index in [0.717, 1.165) is 37.2 Å². The number of carbonyl (C=O) groups is 1. The van der Waals surface area contributed by atoms with E-state index in [-0.39, 0.29) is 6.10 Å². The van der Waals surface area contributed by atoms with Crippen LogP contribution in [0.3, 0.4) is 0 Å².